The molecule has 6 heteroatoms. The predicted molar refractivity (Wildman–Crippen MR) is 75.8 cm³/mol. The summed E-state index contributed by atoms with van der Waals surface area (Å²) in [5.74, 6) is 0.533. The van der Waals surface area contributed by atoms with Gasteiger partial charge in [0.2, 0.25) is 11.1 Å². The number of ether oxygens (including phenoxy) is 1. The Labute approximate surface area is 116 Å². The third-order valence-corrected chi connectivity index (χ3v) is 3.45. The Morgan fingerprint density at radius 1 is 1.21 bits per heavy atom. The minimum absolute atomic E-state index is 0.321. The summed E-state index contributed by atoms with van der Waals surface area (Å²) in [4.78, 5) is 13.9. The van der Waals surface area contributed by atoms with Gasteiger partial charge in [-0.1, -0.05) is 18.2 Å². The summed E-state index contributed by atoms with van der Waals surface area (Å²) in [7, 11) is 1.55. The molecule has 100 valence electrons. The fraction of sp³-hybridized carbons (Fsp3) is 0.308. The number of hydrogen-bond donors (Lipinski definition) is 1. The van der Waals surface area contributed by atoms with Crippen molar-refractivity contribution < 1.29 is 4.74 Å². The van der Waals surface area contributed by atoms with Crippen LogP contribution in [0.3, 0.4) is 0 Å². The molecule has 0 saturated carbocycles. The van der Waals surface area contributed by atoms with E-state index in [1.165, 1.54) is 17.3 Å². The van der Waals surface area contributed by atoms with E-state index in [9.17, 15) is 0 Å². The summed E-state index contributed by atoms with van der Waals surface area (Å²) >= 11 is 1.50. The molecule has 0 aliphatic heterocycles. The molecule has 0 aliphatic rings. The van der Waals surface area contributed by atoms with Crippen LogP contribution in [0.1, 0.15) is 12.5 Å². The minimum atomic E-state index is 0.321. The summed E-state index contributed by atoms with van der Waals surface area (Å²) in [6.45, 7) is 4.80. The zero-order valence-electron chi connectivity index (χ0n) is 11.2. The van der Waals surface area contributed by atoms with Gasteiger partial charge >= 0.3 is 6.01 Å². The van der Waals surface area contributed by atoms with E-state index in [0.29, 0.717) is 17.1 Å². The van der Waals surface area contributed by atoms with Gasteiger partial charge in [0.15, 0.2) is 0 Å². The highest BCUT2D eigenvalue weighted by atomic mass is 32.2. The molecular weight excluding hydrogens is 260 g/mol. The first-order chi connectivity index (χ1) is 9.22. The Balaban J connectivity index is 2.29. The maximum atomic E-state index is 5.09. The number of aromatic nitrogens is 3. The van der Waals surface area contributed by atoms with Crippen LogP contribution in [0.25, 0.3) is 0 Å². The average Bonchev–Trinajstić information content (AvgIpc) is 2.41. The van der Waals surface area contributed by atoms with E-state index < -0.39 is 0 Å². The molecule has 19 heavy (non-hydrogen) atoms. The summed E-state index contributed by atoms with van der Waals surface area (Å²) in [6, 6.07) is 8.44. The van der Waals surface area contributed by atoms with Gasteiger partial charge in [-0.3, -0.25) is 0 Å². The van der Waals surface area contributed by atoms with Crippen LogP contribution in [-0.4, -0.2) is 28.6 Å². The number of aryl methyl sites for hydroxylation is 1. The van der Waals surface area contributed by atoms with Crippen LogP contribution in [0, 0.1) is 6.92 Å². The largest absolute Gasteiger partial charge is 0.467 e. The molecule has 1 heterocycles. The van der Waals surface area contributed by atoms with E-state index in [1.807, 2.05) is 25.1 Å². The van der Waals surface area contributed by atoms with Crippen LogP contribution in [0.2, 0.25) is 0 Å². The molecule has 0 atom stereocenters. The Kier molecular flexibility index (Phi) is 4.57. The topological polar surface area (TPSA) is 59.9 Å². The van der Waals surface area contributed by atoms with Crippen molar-refractivity contribution in [3.63, 3.8) is 0 Å². The van der Waals surface area contributed by atoms with Crippen LogP contribution in [0.4, 0.5) is 5.95 Å². The molecule has 0 fully saturated rings. The van der Waals surface area contributed by atoms with Crippen molar-refractivity contribution in [3.05, 3.63) is 29.8 Å². The standard InChI is InChI=1S/C13H16N4OS/c1-4-14-11-15-12(18-3)17-13(16-11)19-10-8-6-5-7-9(10)2/h5-8H,4H2,1-3H3,(H,14,15,16,17). The summed E-state index contributed by atoms with van der Waals surface area (Å²) < 4.78 is 5.09. The lowest BCUT2D eigenvalue weighted by Gasteiger charge is -2.07. The van der Waals surface area contributed by atoms with Crippen LogP contribution in [0.15, 0.2) is 34.3 Å². The molecule has 0 aliphatic carbocycles. The lowest BCUT2D eigenvalue weighted by atomic mass is 10.2. The predicted octanol–water partition coefficient (Wildman–Crippen LogP) is 2.77. The van der Waals surface area contributed by atoms with Crippen molar-refractivity contribution in [3.8, 4) is 6.01 Å². The van der Waals surface area contributed by atoms with Gasteiger partial charge < -0.3 is 10.1 Å². The lowest BCUT2D eigenvalue weighted by Crippen LogP contribution is -2.05. The minimum Gasteiger partial charge on any atom is -0.467 e. The molecule has 0 amide bonds. The van der Waals surface area contributed by atoms with Gasteiger partial charge in [-0.2, -0.15) is 15.0 Å². The van der Waals surface area contributed by atoms with Crippen molar-refractivity contribution >= 4 is 17.7 Å². The maximum absolute atomic E-state index is 5.09. The van der Waals surface area contributed by atoms with E-state index in [0.717, 1.165) is 11.4 Å². The zero-order chi connectivity index (χ0) is 13.7. The van der Waals surface area contributed by atoms with Crippen LogP contribution in [0.5, 0.6) is 6.01 Å². The number of anilines is 1. The summed E-state index contributed by atoms with van der Waals surface area (Å²) in [6.07, 6.45) is 0. The van der Waals surface area contributed by atoms with Gasteiger partial charge in [0.1, 0.15) is 0 Å². The highest BCUT2D eigenvalue weighted by Crippen LogP contribution is 2.28. The average molecular weight is 276 g/mol. The molecule has 2 rings (SSSR count). The smallest absolute Gasteiger partial charge is 0.321 e. The Hall–Kier alpha value is -1.82. The second-order valence-corrected chi connectivity index (χ2v) is 4.84. The van der Waals surface area contributed by atoms with E-state index >= 15 is 0 Å². The fourth-order valence-electron chi connectivity index (χ4n) is 1.48. The molecule has 0 saturated heterocycles. The van der Waals surface area contributed by atoms with Gasteiger partial charge in [-0.15, -0.1) is 0 Å². The number of benzene rings is 1. The van der Waals surface area contributed by atoms with Gasteiger partial charge in [0.25, 0.3) is 0 Å². The second kappa shape index (κ2) is 6.38. The highest BCUT2D eigenvalue weighted by Gasteiger charge is 2.09. The molecule has 0 spiro atoms. The van der Waals surface area contributed by atoms with Crippen molar-refractivity contribution in [2.45, 2.75) is 23.9 Å². The molecule has 0 bridgehead atoms. The first-order valence-electron chi connectivity index (χ1n) is 6.00. The second-order valence-electron chi connectivity index (χ2n) is 3.83. The molecule has 1 aromatic heterocycles. The highest BCUT2D eigenvalue weighted by molar-refractivity contribution is 7.99. The molecule has 0 radical (unpaired) electrons. The van der Waals surface area contributed by atoms with Crippen molar-refractivity contribution in [1.29, 1.82) is 0 Å². The lowest BCUT2D eigenvalue weighted by molar-refractivity contribution is 0.373. The number of nitrogens with zero attached hydrogens (tertiary/aromatic N) is 3. The van der Waals surface area contributed by atoms with Crippen LogP contribution in [-0.2, 0) is 0 Å². The van der Waals surface area contributed by atoms with Crippen LogP contribution < -0.4 is 10.1 Å². The van der Waals surface area contributed by atoms with Crippen molar-refractivity contribution in [2.24, 2.45) is 0 Å². The Morgan fingerprint density at radius 3 is 2.68 bits per heavy atom. The third kappa shape index (κ3) is 3.57. The molecule has 0 unspecified atom stereocenters. The van der Waals surface area contributed by atoms with Crippen molar-refractivity contribution in [1.82, 2.24) is 15.0 Å². The Morgan fingerprint density at radius 2 is 2.00 bits per heavy atom. The summed E-state index contributed by atoms with van der Waals surface area (Å²) in [5.41, 5.74) is 1.19. The SMILES string of the molecule is CCNc1nc(OC)nc(Sc2ccccc2C)n1. The van der Waals surface area contributed by atoms with E-state index in [1.54, 1.807) is 7.11 Å². The van der Waals surface area contributed by atoms with Crippen molar-refractivity contribution in [2.75, 3.05) is 19.0 Å². The van der Waals surface area contributed by atoms with Crippen LogP contribution >= 0.6 is 11.8 Å². The van der Waals surface area contributed by atoms with Gasteiger partial charge in [-0.05, 0) is 37.2 Å². The maximum Gasteiger partial charge on any atom is 0.321 e. The Bertz CT molecular complexity index is 562. The monoisotopic (exact) mass is 276 g/mol. The molecule has 1 aromatic carbocycles. The van der Waals surface area contributed by atoms with E-state index in [2.05, 4.69) is 33.3 Å². The third-order valence-electron chi connectivity index (χ3n) is 2.41. The molecule has 2 aromatic rings. The van der Waals surface area contributed by atoms with Gasteiger partial charge in [0, 0.05) is 11.4 Å². The molecule has 5 nitrogen and oxygen atoms in total. The first kappa shape index (κ1) is 13.6. The van der Waals surface area contributed by atoms with Gasteiger partial charge in [0.05, 0.1) is 7.11 Å². The van der Waals surface area contributed by atoms with E-state index in [4.69, 9.17) is 4.74 Å². The normalized spacial score (nSPS) is 10.3. The zero-order valence-corrected chi connectivity index (χ0v) is 12.0. The number of hydrogen-bond acceptors (Lipinski definition) is 6. The molecular formula is C13H16N4OS. The quantitative estimate of drug-likeness (QED) is 0.906. The number of nitrogens with one attached hydrogen (secondary N) is 1. The molecule has 1 N–H and O–H groups in total. The fourth-order valence-corrected chi connectivity index (χ4v) is 2.31. The number of rotatable bonds is 5. The number of methoxy groups -OCH3 is 1. The summed E-state index contributed by atoms with van der Waals surface area (Å²) in [5, 5.41) is 3.69. The van der Waals surface area contributed by atoms with E-state index in [-0.39, 0.29) is 0 Å². The van der Waals surface area contributed by atoms with Gasteiger partial charge in [-0.25, -0.2) is 0 Å². The first-order valence-corrected chi connectivity index (χ1v) is 6.82.